The molecule has 0 radical (unpaired) electrons. The molecular formula is C11H15N5O2. The fourth-order valence-electron chi connectivity index (χ4n) is 2.55. The third-order valence-corrected chi connectivity index (χ3v) is 3.45. The average Bonchev–Trinajstić information content (AvgIpc) is 3.01. The molecule has 18 heavy (non-hydrogen) atoms. The Labute approximate surface area is 104 Å². The zero-order chi connectivity index (χ0) is 12.5. The lowest BCUT2D eigenvalue weighted by molar-refractivity contribution is 0.0837. The molecule has 0 aromatic carbocycles. The number of aromatic nitrogens is 2. The van der Waals surface area contributed by atoms with Gasteiger partial charge in [-0.15, -0.1) is 0 Å². The summed E-state index contributed by atoms with van der Waals surface area (Å²) >= 11 is 0. The molecular weight excluding hydrogens is 234 g/mol. The Bertz CT molecular complexity index is 449. The number of hydrazine groups is 1. The smallest absolute Gasteiger partial charge is 0.271 e. The number of anilines is 1. The van der Waals surface area contributed by atoms with Crippen LogP contribution in [0.3, 0.4) is 0 Å². The molecule has 96 valence electrons. The van der Waals surface area contributed by atoms with Crippen molar-refractivity contribution in [3.05, 3.63) is 18.1 Å². The van der Waals surface area contributed by atoms with Crippen LogP contribution in [0.2, 0.25) is 0 Å². The largest absolute Gasteiger partial charge is 0.373 e. The Hall–Kier alpha value is -1.73. The van der Waals surface area contributed by atoms with Crippen LogP contribution in [0.15, 0.2) is 12.4 Å². The van der Waals surface area contributed by atoms with E-state index in [1.54, 1.807) is 0 Å². The van der Waals surface area contributed by atoms with Gasteiger partial charge in [0.15, 0.2) is 5.82 Å². The molecule has 3 unspecified atom stereocenters. The summed E-state index contributed by atoms with van der Waals surface area (Å²) in [6, 6.07) is 0.102. The minimum atomic E-state index is -0.216. The average molecular weight is 249 g/mol. The van der Waals surface area contributed by atoms with Crippen molar-refractivity contribution in [3.63, 3.8) is 0 Å². The molecule has 4 N–H and O–H groups in total. The Morgan fingerprint density at radius 3 is 2.83 bits per heavy atom. The van der Waals surface area contributed by atoms with Crippen molar-refractivity contribution in [2.24, 2.45) is 5.84 Å². The van der Waals surface area contributed by atoms with Crippen LogP contribution in [0.4, 0.5) is 5.82 Å². The second-order valence-electron chi connectivity index (χ2n) is 4.62. The van der Waals surface area contributed by atoms with Crippen molar-refractivity contribution >= 4 is 11.7 Å². The van der Waals surface area contributed by atoms with Gasteiger partial charge in [-0.25, -0.2) is 15.8 Å². The Balaban J connectivity index is 1.64. The van der Waals surface area contributed by atoms with Crippen LogP contribution in [0.5, 0.6) is 0 Å². The van der Waals surface area contributed by atoms with Crippen molar-refractivity contribution < 1.29 is 9.53 Å². The van der Waals surface area contributed by atoms with E-state index in [0.29, 0.717) is 11.9 Å². The lowest BCUT2D eigenvalue weighted by Gasteiger charge is -2.19. The number of rotatable bonds is 3. The van der Waals surface area contributed by atoms with Crippen molar-refractivity contribution in [2.75, 3.05) is 5.43 Å². The number of nitrogen functional groups attached to an aromatic ring is 1. The number of fused-ring (bicyclic) bond motifs is 2. The number of nitrogens with one attached hydrogen (secondary N) is 2. The van der Waals surface area contributed by atoms with Crippen LogP contribution >= 0.6 is 0 Å². The Morgan fingerprint density at radius 2 is 2.28 bits per heavy atom. The van der Waals surface area contributed by atoms with Gasteiger partial charge in [-0.3, -0.25) is 4.79 Å². The zero-order valence-corrected chi connectivity index (χ0v) is 9.80. The van der Waals surface area contributed by atoms with Gasteiger partial charge in [0.1, 0.15) is 5.69 Å². The number of carbonyl (C=O) groups excluding carboxylic acids is 1. The van der Waals surface area contributed by atoms with Crippen LogP contribution in [-0.4, -0.2) is 34.1 Å². The van der Waals surface area contributed by atoms with E-state index in [9.17, 15) is 4.79 Å². The fourth-order valence-corrected chi connectivity index (χ4v) is 2.55. The molecule has 7 heteroatoms. The molecule has 3 atom stereocenters. The van der Waals surface area contributed by atoms with Gasteiger partial charge in [-0.2, -0.15) is 0 Å². The van der Waals surface area contributed by atoms with E-state index in [2.05, 4.69) is 20.7 Å². The second kappa shape index (κ2) is 4.51. The third-order valence-electron chi connectivity index (χ3n) is 3.45. The number of carbonyl (C=O) groups is 1. The van der Waals surface area contributed by atoms with Crippen molar-refractivity contribution in [1.82, 2.24) is 15.3 Å². The normalized spacial score (nSPS) is 29.3. The molecule has 0 spiro atoms. The SMILES string of the molecule is NNc1cnc(C(=O)NC2CC3CCC2O3)cn1. The van der Waals surface area contributed by atoms with E-state index >= 15 is 0 Å². The molecule has 2 aliphatic rings. The molecule has 2 bridgehead atoms. The maximum absolute atomic E-state index is 12.0. The summed E-state index contributed by atoms with van der Waals surface area (Å²) < 4.78 is 5.68. The van der Waals surface area contributed by atoms with E-state index in [0.717, 1.165) is 19.3 Å². The first-order chi connectivity index (χ1) is 8.76. The highest BCUT2D eigenvalue weighted by atomic mass is 16.5. The molecule has 0 saturated carbocycles. The summed E-state index contributed by atoms with van der Waals surface area (Å²) in [6.45, 7) is 0. The third kappa shape index (κ3) is 2.02. The van der Waals surface area contributed by atoms with Gasteiger partial charge in [0.25, 0.3) is 5.91 Å². The van der Waals surface area contributed by atoms with Crippen LogP contribution in [-0.2, 0) is 4.74 Å². The number of nitrogens with zero attached hydrogens (tertiary/aromatic N) is 2. The summed E-state index contributed by atoms with van der Waals surface area (Å²) in [5.74, 6) is 5.39. The first-order valence-corrected chi connectivity index (χ1v) is 6.01. The van der Waals surface area contributed by atoms with Crippen molar-refractivity contribution in [3.8, 4) is 0 Å². The van der Waals surface area contributed by atoms with E-state index in [-0.39, 0.29) is 23.7 Å². The summed E-state index contributed by atoms with van der Waals surface area (Å²) in [4.78, 5) is 19.9. The molecule has 3 rings (SSSR count). The quantitative estimate of drug-likeness (QED) is 0.507. The summed E-state index contributed by atoms with van der Waals surface area (Å²) in [5.41, 5.74) is 2.65. The predicted octanol–water partition coefficient (Wildman–Crippen LogP) is -0.188. The summed E-state index contributed by atoms with van der Waals surface area (Å²) in [7, 11) is 0. The Kier molecular flexibility index (Phi) is 2.85. The van der Waals surface area contributed by atoms with Crippen molar-refractivity contribution in [1.29, 1.82) is 0 Å². The molecule has 3 heterocycles. The molecule has 0 aliphatic carbocycles. The van der Waals surface area contributed by atoms with Crippen LogP contribution in [0.1, 0.15) is 29.8 Å². The molecule has 1 aromatic rings. The number of hydrogen-bond donors (Lipinski definition) is 3. The topological polar surface area (TPSA) is 102 Å². The number of hydrogen-bond acceptors (Lipinski definition) is 6. The van der Waals surface area contributed by atoms with Gasteiger partial charge in [0.2, 0.25) is 0 Å². The van der Waals surface area contributed by atoms with Crippen LogP contribution < -0.4 is 16.6 Å². The van der Waals surface area contributed by atoms with Crippen LogP contribution in [0, 0.1) is 0 Å². The van der Waals surface area contributed by atoms with Gasteiger partial charge in [-0.05, 0) is 19.3 Å². The molecule has 2 saturated heterocycles. The fraction of sp³-hybridized carbons (Fsp3) is 0.545. The second-order valence-corrected chi connectivity index (χ2v) is 4.62. The van der Waals surface area contributed by atoms with Gasteiger partial charge >= 0.3 is 0 Å². The molecule has 2 fully saturated rings. The van der Waals surface area contributed by atoms with Gasteiger partial charge in [-0.1, -0.05) is 0 Å². The monoisotopic (exact) mass is 249 g/mol. The minimum absolute atomic E-state index is 0.102. The first-order valence-electron chi connectivity index (χ1n) is 6.01. The molecule has 2 aliphatic heterocycles. The standard InChI is InChI=1S/C11H15N5O2/c12-16-10-5-13-8(4-14-10)11(17)15-7-3-6-1-2-9(7)18-6/h4-7,9H,1-3,12H2,(H,14,16)(H,15,17). The van der Waals surface area contributed by atoms with Gasteiger partial charge in [0.05, 0.1) is 30.6 Å². The van der Waals surface area contributed by atoms with Gasteiger partial charge < -0.3 is 15.5 Å². The summed E-state index contributed by atoms with van der Waals surface area (Å²) in [6.07, 6.45) is 6.33. The highest BCUT2D eigenvalue weighted by molar-refractivity contribution is 5.92. The number of nitrogens with two attached hydrogens (primary N) is 1. The first kappa shape index (κ1) is 11.4. The lowest BCUT2D eigenvalue weighted by atomic mass is 9.95. The minimum Gasteiger partial charge on any atom is -0.373 e. The van der Waals surface area contributed by atoms with E-state index < -0.39 is 0 Å². The highest BCUT2D eigenvalue weighted by Gasteiger charge is 2.41. The van der Waals surface area contributed by atoms with Crippen molar-refractivity contribution in [2.45, 2.75) is 37.5 Å². The number of ether oxygens (including phenoxy) is 1. The van der Waals surface area contributed by atoms with E-state index in [4.69, 9.17) is 10.6 Å². The molecule has 7 nitrogen and oxygen atoms in total. The number of amides is 1. The van der Waals surface area contributed by atoms with Gasteiger partial charge in [0, 0.05) is 0 Å². The molecule has 1 aromatic heterocycles. The zero-order valence-electron chi connectivity index (χ0n) is 9.80. The summed E-state index contributed by atoms with van der Waals surface area (Å²) in [5, 5.41) is 2.95. The predicted molar refractivity (Wildman–Crippen MR) is 63.6 cm³/mol. The lowest BCUT2D eigenvalue weighted by Crippen LogP contribution is -2.41. The molecule has 1 amide bonds. The highest BCUT2D eigenvalue weighted by Crippen LogP contribution is 2.34. The van der Waals surface area contributed by atoms with E-state index in [1.807, 2.05) is 0 Å². The van der Waals surface area contributed by atoms with Crippen LogP contribution in [0.25, 0.3) is 0 Å². The Morgan fingerprint density at radius 1 is 1.39 bits per heavy atom. The maximum atomic E-state index is 12.0. The van der Waals surface area contributed by atoms with E-state index in [1.165, 1.54) is 12.4 Å². The maximum Gasteiger partial charge on any atom is 0.271 e.